The minimum Gasteiger partial charge on any atom is -0.326 e. The van der Waals surface area contributed by atoms with Gasteiger partial charge in [-0.1, -0.05) is 18.2 Å². The highest BCUT2D eigenvalue weighted by Crippen LogP contribution is 2.16. The van der Waals surface area contributed by atoms with Crippen LogP contribution >= 0.6 is 0 Å². The van der Waals surface area contributed by atoms with Gasteiger partial charge in [-0.05, 0) is 38.6 Å². The third-order valence-corrected chi connectivity index (χ3v) is 5.24. The zero-order valence-corrected chi connectivity index (χ0v) is 14.8. The third-order valence-electron chi connectivity index (χ3n) is 5.24. The maximum Gasteiger partial charge on any atom is 0.225 e. The van der Waals surface area contributed by atoms with Crippen LogP contribution in [0.4, 0.5) is 5.69 Å². The predicted octanol–water partition coefficient (Wildman–Crippen LogP) is 1.73. The first-order valence-corrected chi connectivity index (χ1v) is 9.20. The van der Waals surface area contributed by atoms with Crippen LogP contribution in [0, 0.1) is 0 Å². The highest BCUT2D eigenvalue weighted by Gasteiger charge is 2.26. The smallest absolute Gasteiger partial charge is 0.225 e. The molecule has 5 nitrogen and oxygen atoms in total. The van der Waals surface area contributed by atoms with Crippen LogP contribution in [0.2, 0.25) is 0 Å². The lowest BCUT2D eigenvalue weighted by Crippen LogP contribution is -2.54. The summed E-state index contributed by atoms with van der Waals surface area (Å²) in [5.74, 6) is 0.109. The molecule has 2 saturated heterocycles. The van der Waals surface area contributed by atoms with E-state index in [0.29, 0.717) is 6.42 Å². The van der Waals surface area contributed by atoms with Crippen molar-refractivity contribution in [2.45, 2.75) is 25.3 Å². The first-order valence-electron chi connectivity index (χ1n) is 9.20. The second kappa shape index (κ2) is 8.60. The number of rotatable bonds is 5. The molecule has 0 spiro atoms. The molecule has 0 bridgehead atoms. The average molecular weight is 330 g/mol. The number of amides is 1. The van der Waals surface area contributed by atoms with Crippen LogP contribution in [0.1, 0.15) is 19.3 Å². The number of piperazine rings is 1. The maximum absolute atomic E-state index is 12.0. The Balaban J connectivity index is 1.35. The third kappa shape index (κ3) is 5.03. The SMILES string of the molecule is CN1CCC[C@H](N2CCN(CCC(=O)Nc3ccccc3)CC2)C1. The Morgan fingerprint density at radius 3 is 2.58 bits per heavy atom. The Labute approximate surface area is 145 Å². The first-order chi connectivity index (χ1) is 11.7. The van der Waals surface area contributed by atoms with Crippen molar-refractivity contribution in [3.8, 4) is 0 Å². The molecular formula is C19H30N4O. The van der Waals surface area contributed by atoms with Gasteiger partial charge in [0, 0.05) is 57.4 Å². The highest BCUT2D eigenvalue weighted by atomic mass is 16.1. The summed E-state index contributed by atoms with van der Waals surface area (Å²) >= 11 is 0. The molecule has 1 atom stereocenters. The van der Waals surface area contributed by atoms with E-state index in [1.54, 1.807) is 0 Å². The second-order valence-corrected chi connectivity index (χ2v) is 7.10. The van der Waals surface area contributed by atoms with E-state index in [1.165, 1.54) is 25.9 Å². The van der Waals surface area contributed by atoms with Gasteiger partial charge >= 0.3 is 0 Å². The average Bonchev–Trinajstić information content (AvgIpc) is 2.61. The van der Waals surface area contributed by atoms with Crippen molar-refractivity contribution < 1.29 is 4.79 Å². The number of anilines is 1. The molecule has 2 fully saturated rings. The largest absolute Gasteiger partial charge is 0.326 e. The van der Waals surface area contributed by atoms with Gasteiger partial charge in [-0.25, -0.2) is 0 Å². The number of carbonyl (C=O) groups is 1. The number of para-hydroxylation sites is 1. The Hall–Kier alpha value is -1.43. The second-order valence-electron chi connectivity index (χ2n) is 7.10. The van der Waals surface area contributed by atoms with E-state index >= 15 is 0 Å². The molecule has 0 radical (unpaired) electrons. The minimum absolute atomic E-state index is 0.109. The van der Waals surface area contributed by atoms with Crippen molar-refractivity contribution in [2.75, 3.05) is 58.2 Å². The van der Waals surface area contributed by atoms with Gasteiger partial charge in [0.25, 0.3) is 0 Å². The normalized spacial score (nSPS) is 24.0. The number of nitrogens with one attached hydrogen (secondary N) is 1. The lowest BCUT2D eigenvalue weighted by Gasteiger charge is -2.42. The number of nitrogens with zero attached hydrogens (tertiary/aromatic N) is 3. The summed E-state index contributed by atoms with van der Waals surface area (Å²) in [5, 5.41) is 2.97. The van der Waals surface area contributed by atoms with E-state index < -0.39 is 0 Å². The van der Waals surface area contributed by atoms with Crippen LogP contribution in [0.25, 0.3) is 0 Å². The van der Waals surface area contributed by atoms with E-state index in [-0.39, 0.29) is 5.91 Å². The van der Waals surface area contributed by atoms with Gasteiger partial charge in [0.2, 0.25) is 5.91 Å². The van der Waals surface area contributed by atoms with E-state index in [2.05, 4.69) is 27.1 Å². The van der Waals surface area contributed by atoms with Crippen LogP contribution in [-0.2, 0) is 4.79 Å². The molecule has 0 aromatic heterocycles. The van der Waals surface area contributed by atoms with Crippen molar-refractivity contribution in [3.05, 3.63) is 30.3 Å². The minimum atomic E-state index is 0.109. The number of hydrogen-bond donors (Lipinski definition) is 1. The lowest BCUT2D eigenvalue weighted by atomic mass is 10.0. The Morgan fingerprint density at radius 1 is 1.12 bits per heavy atom. The van der Waals surface area contributed by atoms with Crippen LogP contribution in [0.15, 0.2) is 30.3 Å². The van der Waals surface area contributed by atoms with E-state index in [0.717, 1.165) is 44.5 Å². The molecule has 2 aliphatic rings. The van der Waals surface area contributed by atoms with Crippen LogP contribution in [0.3, 0.4) is 0 Å². The molecule has 1 aromatic carbocycles. The molecule has 3 rings (SSSR count). The van der Waals surface area contributed by atoms with Gasteiger partial charge in [-0.15, -0.1) is 0 Å². The summed E-state index contributed by atoms with van der Waals surface area (Å²) in [4.78, 5) is 19.6. The fourth-order valence-electron chi connectivity index (χ4n) is 3.79. The molecule has 132 valence electrons. The van der Waals surface area contributed by atoms with Crippen molar-refractivity contribution in [2.24, 2.45) is 0 Å². The number of likely N-dealkylation sites (N-methyl/N-ethyl adjacent to an activating group) is 1. The van der Waals surface area contributed by atoms with Gasteiger partial charge in [-0.3, -0.25) is 9.69 Å². The van der Waals surface area contributed by atoms with Gasteiger partial charge < -0.3 is 15.1 Å². The standard InChI is InChI=1S/C19H30N4O/c1-21-10-5-8-18(16-21)23-14-12-22(13-15-23)11-9-19(24)20-17-6-3-2-4-7-17/h2-4,6-7,18H,5,8-16H2,1H3,(H,20,24)/t18-/m0/s1. The van der Waals surface area contributed by atoms with Gasteiger partial charge in [0.15, 0.2) is 0 Å². The molecule has 2 aliphatic heterocycles. The maximum atomic E-state index is 12.0. The first kappa shape index (κ1) is 17.4. The summed E-state index contributed by atoms with van der Waals surface area (Å²) in [5.41, 5.74) is 0.883. The number of hydrogen-bond acceptors (Lipinski definition) is 4. The molecule has 5 heteroatoms. The van der Waals surface area contributed by atoms with E-state index in [9.17, 15) is 4.79 Å². The molecule has 24 heavy (non-hydrogen) atoms. The molecule has 1 N–H and O–H groups in total. The number of likely N-dealkylation sites (tertiary alicyclic amines) is 1. The monoisotopic (exact) mass is 330 g/mol. The Kier molecular flexibility index (Phi) is 6.24. The number of benzene rings is 1. The zero-order valence-electron chi connectivity index (χ0n) is 14.8. The summed E-state index contributed by atoms with van der Waals surface area (Å²) < 4.78 is 0. The zero-order chi connectivity index (χ0) is 16.8. The quantitative estimate of drug-likeness (QED) is 0.892. The predicted molar refractivity (Wildman–Crippen MR) is 98.2 cm³/mol. The topological polar surface area (TPSA) is 38.8 Å². The van der Waals surface area contributed by atoms with Crippen LogP contribution in [-0.4, -0.2) is 79.5 Å². The summed E-state index contributed by atoms with van der Waals surface area (Å²) in [6.45, 7) is 7.75. The van der Waals surface area contributed by atoms with Crippen LogP contribution < -0.4 is 5.32 Å². The number of piperidine rings is 1. The van der Waals surface area contributed by atoms with Crippen molar-refractivity contribution in [1.82, 2.24) is 14.7 Å². The van der Waals surface area contributed by atoms with Gasteiger partial charge in [0.1, 0.15) is 0 Å². The van der Waals surface area contributed by atoms with Crippen molar-refractivity contribution in [1.29, 1.82) is 0 Å². The molecule has 1 amide bonds. The molecule has 2 heterocycles. The van der Waals surface area contributed by atoms with Crippen LogP contribution in [0.5, 0.6) is 0 Å². The van der Waals surface area contributed by atoms with Crippen molar-refractivity contribution in [3.63, 3.8) is 0 Å². The van der Waals surface area contributed by atoms with Crippen molar-refractivity contribution >= 4 is 11.6 Å². The fraction of sp³-hybridized carbons (Fsp3) is 0.632. The fourth-order valence-corrected chi connectivity index (χ4v) is 3.79. The molecular weight excluding hydrogens is 300 g/mol. The summed E-state index contributed by atoms with van der Waals surface area (Å²) in [7, 11) is 2.23. The number of carbonyl (C=O) groups excluding carboxylic acids is 1. The van der Waals surface area contributed by atoms with E-state index in [1.807, 2.05) is 30.3 Å². The highest BCUT2D eigenvalue weighted by molar-refractivity contribution is 5.90. The lowest BCUT2D eigenvalue weighted by molar-refractivity contribution is -0.116. The molecule has 1 aromatic rings. The van der Waals surface area contributed by atoms with Gasteiger partial charge in [-0.2, -0.15) is 0 Å². The van der Waals surface area contributed by atoms with Gasteiger partial charge in [0.05, 0.1) is 0 Å². The summed E-state index contributed by atoms with van der Waals surface area (Å²) in [6.07, 6.45) is 3.23. The van der Waals surface area contributed by atoms with E-state index in [4.69, 9.17) is 0 Å². The molecule has 0 saturated carbocycles. The summed E-state index contributed by atoms with van der Waals surface area (Å²) in [6, 6.07) is 10.4. The molecule has 0 aliphatic carbocycles. The Bertz CT molecular complexity index is 513. The Morgan fingerprint density at radius 2 is 1.88 bits per heavy atom. The molecule has 0 unspecified atom stereocenters.